The van der Waals surface area contributed by atoms with Gasteiger partial charge in [0.25, 0.3) is 0 Å². The molecule has 8 heteroatoms. The van der Waals surface area contributed by atoms with Crippen LogP contribution >= 0.6 is 11.8 Å². The lowest BCUT2D eigenvalue weighted by Gasteiger charge is -2.21. The summed E-state index contributed by atoms with van der Waals surface area (Å²) in [6.45, 7) is 7.04. The second-order valence-electron chi connectivity index (χ2n) is 6.72. The first-order chi connectivity index (χ1) is 10.9. The van der Waals surface area contributed by atoms with Gasteiger partial charge in [-0.05, 0) is 19.3 Å². The van der Waals surface area contributed by atoms with Crippen LogP contribution in [-0.4, -0.2) is 26.5 Å². The molecule has 0 aliphatic carbocycles. The Morgan fingerprint density at radius 3 is 2.83 bits per heavy atom. The van der Waals surface area contributed by atoms with E-state index in [-0.39, 0.29) is 11.5 Å². The number of thioether (sulfide) groups is 1. The van der Waals surface area contributed by atoms with Crippen LogP contribution in [-0.2, 0) is 15.9 Å². The Bertz CT molecular complexity index is 655. The summed E-state index contributed by atoms with van der Waals surface area (Å²) in [5.41, 5.74) is -0.0463. The number of aromatic nitrogens is 4. The van der Waals surface area contributed by atoms with Crippen molar-refractivity contribution >= 4 is 11.8 Å². The van der Waals surface area contributed by atoms with E-state index < -0.39 is 0 Å². The number of ether oxygens (including phenoxy) is 1. The molecule has 126 valence electrons. The molecule has 3 rings (SSSR count). The molecule has 0 amide bonds. The van der Waals surface area contributed by atoms with Gasteiger partial charge in [-0.2, -0.15) is 0 Å². The van der Waals surface area contributed by atoms with E-state index in [0.29, 0.717) is 22.6 Å². The lowest BCUT2D eigenvalue weighted by atomic mass is 9.94. The summed E-state index contributed by atoms with van der Waals surface area (Å²) in [7, 11) is 0. The molecule has 1 aliphatic heterocycles. The molecular weight excluding hydrogens is 314 g/mol. The summed E-state index contributed by atoms with van der Waals surface area (Å²) in [6.07, 6.45) is 4.90. The summed E-state index contributed by atoms with van der Waals surface area (Å²) in [5.74, 6) is 8.91. The molecular formula is C15H23N5O2S. The van der Waals surface area contributed by atoms with Crippen molar-refractivity contribution in [3.05, 3.63) is 23.7 Å². The first-order valence-corrected chi connectivity index (χ1v) is 8.83. The third-order valence-corrected chi connectivity index (χ3v) is 4.70. The van der Waals surface area contributed by atoms with E-state index in [1.54, 1.807) is 6.20 Å². The molecule has 3 heterocycles. The van der Waals surface area contributed by atoms with Crippen LogP contribution < -0.4 is 5.84 Å². The van der Waals surface area contributed by atoms with Gasteiger partial charge in [0.1, 0.15) is 11.9 Å². The highest BCUT2D eigenvalue weighted by Crippen LogP contribution is 2.29. The van der Waals surface area contributed by atoms with Crippen LogP contribution in [0.2, 0.25) is 0 Å². The molecule has 1 fully saturated rings. The summed E-state index contributed by atoms with van der Waals surface area (Å²) < 4.78 is 13.0. The van der Waals surface area contributed by atoms with Crippen molar-refractivity contribution in [1.29, 1.82) is 0 Å². The van der Waals surface area contributed by atoms with Crippen LogP contribution in [0.25, 0.3) is 0 Å². The van der Waals surface area contributed by atoms with Crippen LogP contribution in [0.5, 0.6) is 0 Å². The van der Waals surface area contributed by atoms with Gasteiger partial charge in [0.05, 0.1) is 11.9 Å². The van der Waals surface area contributed by atoms with Crippen LogP contribution in [0.3, 0.4) is 0 Å². The van der Waals surface area contributed by atoms with E-state index >= 15 is 0 Å². The van der Waals surface area contributed by atoms with E-state index in [1.165, 1.54) is 16.4 Å². The third kappa shape index (κ3) is 3.69. The summed E-state index contributed by atoms with van der Waals surface area (Å²) in [6, 6.07) is 0. The lowest BCUT2D eigenvalue weighted by Crippen LogP contribution is -2.21. The number of nitrogen functional groups attached to an aromatic ring is 1. The van der Waals surface area contributed by atoms with Gasteiger partial charge in [-0.25, -0.2) is 9.66 Å². The van der Waals surface area contributed by atoms with E-state index in [9.17, 15) is 0 Å². The number of hydrogen-bond donors (Lipinski definition) is 1. The molecule has 0 aromatic carbocycles. The minimum absolute atomic E-state index is 0.0463. The molecule has 1 saturated heterocycles. The molecule has 7 nitrogen and oxygen atoms in total. The van der Waals surface area contributed by atoms with Crippen molar-refractivity contribution in [3.63, 3.8) is 0 Å². The molecule has 2 N–H and O–H groups in total. The Labute approximate surface area is 140 Å². The molecule has 0 saturated carbocycles. The van der Waals surface area contributed by atoms with Gasteiger partial charge < -0.3 is 15.0 Å². The highest BCUT2D eigenvalue weighted by molar-refractivity contribution is 7.98. The Balaban J connectivity index is 1.64. The SMILES string of the molecule is CC(C)(C)c1cnc(CSc2nnc([C@H]3CCCCO3)n2N)o1. The van der Waals surface area contributed by atoms with Crippen LogP contribution in [0, 0.1) is 0 Å². The zero-order valence-corrected chi connectivity index (χ0v) is 14.6. The van der Waals surface area contributed by atoms with E-state index in [0.717, 1.165) is 31.6 Å². The monoisotopic (exact) mass is 337 g/mol. The quantitative estimate of drug-likeness (QED) is 0.677. The second kappa shape index (κ2) is 6.52. The lowest BCUT2D eigenvalue weighted by molar-refractivity contribution is 0.00780. The predicted molar refractivity (Wildman–Crippen MR) is 87.5 cm³/mol. The summed E-state index contributed by atoms with van der Waals surface area (Å²) in [4.78, 5) is 4.31. The van der Waals surface area contributed by atoms with Gasteiger partial charge in [-0.15, -0.1) is 10.2 Å². The smallest absolute Gasteiger partial charge is 0.210 e. The van der Waals surface area contributed by atoms with Gasteiger partial charge in [-0.3, -0.25) is 0 Å². The van der Waals surface area contributed by atoms with Crippen LogP contribution in [0.15, 0.2) is 15.8 Å². The Hall–Kier alpha value is -1.54. The van der Waals surface area contributed by atoms with Gasteiger partial charge in [0.15, 0.2) is 5.82 Å². The first kappa shape index (κ1) is 16.3. The molecule has 1 atom stereocenters. The highest BCUT2D eigenvalue weighted by Gasteiger charge is 2.24. The number of hydrogen-bond acceptors (Lipinski definition) is 7. The van der Waals surface area contributed by atoms with Crippen molar-refractivity contribution < 1.29 is 9.15 Å². The first-order valence-electron chi connectivity index (χ1n) is 7.85. The highest BCUT2D eigenvalue weighted by atomic mass is 32.2. The molecule has 0 bridgehead atoms. The maximum Gasteiger partial charge on any atom is 0.210 e. The Morgan fingerprint density at radius 2 is 2.17 bits per heavy atom. The normalized spacial score (nSPS) is 19.2. The van der Waals surface area contributed by atoms with Gasteiger partial charge in [0, 0.05) is 12.0 Å². The van der Waals surface area contributed by atoms with Gasteiger partial charge in [0.2, 0.25) is 11.0 Å². The minimum atomic E-state index is -0.0511. The van der Waals surface area contributed by atoms with Gasteiger partial charge >= 0.3 is 0 Å². The molecule has 2 aromatic heterocycles. The van der Waals surface area contributed by atoms with Crippen molar-refractivity contribution in [2.45, 2.75) is 62.5 Å². The molecule has 0 unspecified atom stereocenters. The third-order valence-electron chi connectivity index (χ3n) is 3.78. The van der Waals surface area contributed by atoms with Crippen molar-refractivity contribution in [2.24, 2.45) is 0 Å². The van der Waals surface area contributed by atoms with E-state index in [4.69, 9.17) is 15.0 Å². The molecule has 0 radical (unpaired) electrons. The summed E-state index contributed by atoms with van der Waals surface area (Å²) >= 11 is 1.46. The number of rotatable bonds is 4. The predicted octanol–water partition coefficient (Wildman–Crippen LogP) is 2.81. The Kier molecular flexibility index (Phi) is 4.63. The second-order valence-corrected chi connectivity index (χ2v) is 7.67. The molecule has 23 heavy (non-hydrogen) atoms. The zero-order chi connectivity index (χ0) is 16.4. The van der Waals surface area contributed by atoms with E-state index in [1.807, 2.05) is 0 Å². The van der Waals surface area contributed by atoms with Crippen LogP contribution in [0.1, 0.15) is 63.6 Å². The Morgan fingerprint density at radius 1 is 1.35 bits per heavy atom. The fourth-order valence-electron chi connectivity index (χ4n) is 2.40. The van der Waals surface area contributed by atoms with Crippen LogP contribution in [0.4, 0.5) is 0 Å². The average molecular weight is 337 g/mol. The number of nitrogens with zero attached hydrogens (tertiary/aromatic N) is 4. The molecule has 1 aliphatic rings. The fraction of sp³-hybridized carbons (Fsp3) is 0.667. The standard InChI is InChI=1S/C15H23N5O2S/c1-15(2,3)11-8-17-12(22-11)9-23-14-19-18-13(20(14)16)10-6-4-5-7-21-10/h8,10H,4-7,9,16H2,1-3H3/t10-/m1/s1. The molecule has 2 aromatic rings. The fourth-order valence-corrected chi connectivity index (χ4v) is 3.12. The average Bonchev–Trinajstić information content (AvgIpc) is 3.13. The maximum atomic E-state index is 6.11. The number of nitrogens with two attached hydrogens (primary N) is 1. The van der Waals surface area contributed by atoms with Gasteiger partial charge in [-0.1, -0.05) is 32.5 Å². The molecule has 0 spiro atoms. The van der Waals surface area contributed by atoms with Crippen molar-refractivity contribution in [1.82, 2.24) is 19.9 Å². The summed E-state index contributed by atoms with van der Waals surface area (Å²) in [5, 5.41) is 8.99. The maximum absolute atomic E-state index is 6.11. The van der Waals surface area contributed by atoms with E-state index in [2.05, 4.69) is 36.0 Å². The van der Waals surface area contributed by atoms with Crippen molar-refractivity contribution in [3.8, 4) is 0 Å². The minimum Gasteiger partial charge on any atom is -0.444 e. The zero-order valence-electron chi connectivity index (χ0n) is 13.8. The topological polar surface area (TPSA) is 92.0 Å². The largest absolute Gasteiger partial charge is 0.444 e. The number of oxazole rings is 1. The van der Waals surface area contributed by atoms with Crippen molar-refractivity contribution in [2.75, 3.05) is 12.4 Å².